The molecule has 0 bridgehead atoms. The van der Waals surface area contributed by atoms with Crippen molar-refractivity contribution in [2.24, 2.45) is 5.73 Å². The number of rotatable bonds is 4. The van der Waals surface area contributed by atoms with Crippen LogP contribution in [0.3, 0.4) is 0 Å². The highest BCUT2D eigenvalue weighted by Gasteiger charge is 2.26. The van der Waals surface area contributed by atoms with Crippen LogP contribution in [0.25, 0.3) is 0 Å². The summed E-state index contributed by atoms with van der Waals surface area (Å²) in [5.41, 5.74) is 13.4. The molecular formula is C23H32N2. The number of aryl methyl sites for hydroxylation is 2. The third-order valence-corrected chi connectivity index (χ3v) is 5.53. The molecule has 1 aliphatic heterocycles. The van der Waals surface area contributed by atoms with Crippen molar-refractivity contribution in [1.29, 1.82) is 0 Å². The van der Waals surface area contributed by atoms with Crippen LogP contribution in [0.2, 0.25) is 0 Å². The SMILES string of the molecule is Cc1ccc(C)c(CN2CC(N)CC(c3ccc(C(C)C)cc3)C2)c1. The molecule has 0 amide bonds. The van der Waals surface area contributed by atoms with Crippen LogP contribution in [-0.4, -0.2) is 24.0 Å². The van der Waals surface area contributed by atoms with E-state index in [0.717, 1.165) is 26.1 Å². The molecule has 3 rings (SSSR count). The zero-order valence-electron chi connectivity index (χ0n) is 16.1. The zero-order valence-corrected chi connectivity index (χ0v) is 16.1. The van der Waals surface area contributed by atoms with E-state index in [4.69, 9.17) is 5.73 Å². The lowest BCUT2D eigenvalue weighted by Gasteiger charge is -2.37. The molecule has 1 aliphatic rings. The fraction of sp³-hybridized carbons (Fsp3) is 0.478. The molecule has 25 heavy (non-hydrogen) atoms. The maximum Gasteiger partial charge on any atom is 0.0237 e. The highest BCUT2D eigenvalue weighted by Crippen LogP contribution is 2.29. The first kappa shape index (κ1) is 18.2. The lowest BCUT2D eigenvalue weighted by molar-refractivity contribution is 0.181. The number of hydrogen-bond donors (Lipinski definition) is 1. The Kier molecular flexibility index (Phi) is 5.61. The molecule has 1 heterocycles. The fourth-order valence-corrected chi connectivity index (χ4v) is 3.97. The third kappa shape index (κ3) is 4.50. The molecule has 2 N–H and O–H groups in total. The molecule has 2 atom stereocenters. The Morgan fingerprint density at radius 2 is 1.76 bits per heavy atom. The van der Waals surface area contributed by atoms with Gasteiger partial charge in [-0.25, -0.2) is 0 Å². The van der Waals surface area contributed by atoms with Crippen molar-refractivity contribution in [2.75, 3.05) is 13.1 Å². The van der Waals surface area contributed by atoms with Crippen molar-refractivity contribution in [2.45, 2.75) is 58.5 Å². The van der Waals surface area contributed by atoms with E-state index in [9.17, 15) is 0 Å². The summed E-state index contributed by atoms with van der Waals surface area (Å²) in [6.07, 6.45) is 1.09. The van der Waals surface area contributed by atoms with Gasteiger partial charge < -0.3 is 5.73 Å². The molecule has 0 spiro atoms. The molecule has 0 aliphatic carbocycles. The van der Waals surface area contributed by atoms with Crippen molar-refractivity contribution < 1.29 is 0 Å². The Bertz CT molecular complexity index is 703. The minimum atomic E-state index is 0.258. The molecule has 2 heteroatoms. The van der Waals surface area contributed by atoms with E-state index < -0.39 is 0 Å². The largest absolute Gasteiger partial charge is 0.327 e. The highest BCUT2D eigenvalue weighted by atomic mass is 15.1. The van der Waals surface area contributed by atoms with Gasteiger partial charge in [-0.3, -0.25) is 4.90 Å². The van der Waals surface area contributed by atoms with E-state index in [-0.39, 0.29) is 6.04 Å². The number of benzene rings is 2. The average Bonchev–Trinajstić information content (AvgIpc) is 2.58. The second-order valence-electron chi connectivity index (χ2n) is 8.14. The quantitative estimate of drug-likeness (QED) is 0.873. The van der Waals surface area contributed by atoms with Crippen molar-refractivity contribution in [3.8, 4) is 0 Å². The Morgan fingerprint density at radius 3 is 2.44 bits per heavy atom. The highest BCUT2D eigenvalue weighted by molar-refractivity contribution is 5.31. The summed E-state index contributed by atoms with van der Waals surface area (Å²) in [6, 6.07) is 16.2. The molecule has 0 saturated carbocycles. The first-order valence-electron chi connectivity index (χ1n) is 9.56. The summed E-state index contributed by atoms with van der Waals surface area (Å²) in [5, 5.41) is 0. The topological polar surface area (TPSA) is 29.3 Å². The lowest BCUT2D eigenvalue weighted by atomic mass is 9.87. The van der Waals surface area contributed by atoms with Crippen LogP contribution in [0.1, 0.15) is 59.9 Å². The van der Waals surface area contributed by atoms with Crippen molar-refractivity contribution >= 4 is 0 Å². The zero-order chi connectivity index (χ0) is 18.0. The minimum absolute atomic E-state index is 0.258. The van der Waals surface area contributed by atoms with Crippen LogP contribution in [0.4, 0.5) is 0 Å². The summed E-state index contributed by atoms with van der Waals surface area (Å²) >= 11 is 0. The van der Waals surface area contributed by atoms with Crippen LogP contribution in [0, 0.1) is 13.8 Å². The third-order valence-electron chi connectivity index (χ3n) is 5.53. The predicted molar refractivity (Wildman–Crippen MR) is 107 cm³/mol. The van der Waals surface area contributed by atoms with Gasteiger partial charge in [-0.2, -0.15) is 0 Å². The smallest absolute Gasteiger partial charge is 0.0237 e. The first-order chi connectivity index (χ1) is 11.9. The Labute approximate surface area is 153 Å². The lowest BCUT2D eigenvalue weighted by Crippen LogP contribution is -2.45. The van der Waals surface area contributed by atoms with Crippen molar-refractivity contribution in [1.82, 2.24) is 4.90 Å². The molecule has 1 saturated heterocycles. The van der Waals surface area contributed by atoms with Gasteiger partial charge in [-0.15, -0.1) is 0 Å². The van der Waals surface area contributed by atoms with Gasteiger partial charge in [0.25, 0.3) is 0 Å². The number of piperidine rings is 1. The number of hydrogen-bond acceptors (Lipinski definition) is 2. The van der Waals surface area contributed by atoms with Crippen molar-refractivity contribution in [3.63, 3.8) is 0 Å². The molecule has 0 aromatic heterocycles. The van der Waals surface area contributed by atoms with Gasteiger partial charge in [0.05, 0.1) is 0 Å². The molecule has 134 valence electrons. The van der Waals surface area contributed by atoms with Crippen LogP contribution in [0.5, 0.6) is 0 Å². The van der Waals surface area contributed by atoms with E-state index in [2.05, 4.69) is 75.1 Å². The van der Waals surface area contributed by atoms with Crippen LogP contribution < -0.4 is 5.73 Å². The number of likely N-dealkylation sites (tertiary alicyclic amines) is 1. The summed E-state index contributed by atoms with van der Waals surface area (Å²) < 4.78 is 0. The standard InChI is InChI=1S/C23H32N2/c1-16(2)19-7-9-20(10-8-19)22-12-23(24)15-25(14-22)13-21-11-17(3)5-6-18(21)4/h5-11,16,22-23H,12-15,24H2,1-4H3. The molecule has 2 unspecified atom stereocenters. The Morgan fingerprint density at radius 1 is 1.04 bits per heavy atom. The fourth-order valence-electron chi connectivity index (χ4n) is 3.97. The van der Waals surface area contributed by atoms with E-state index in [1.165, 1.54) is 27.8 Å². The molecule has 1 fully saturated rings. The maximum absolute atomic E-state index is 6.41. The predicted octanol–water partition coefficient (Wildman–Crippen LogP) is 4.74. The summed E-state index contributed by atoms with van der Waals surface area (Å²) in [6.45, 7) is 12.0. The Balaban J connectivity index is 1.73. The summed E-state index contributed by atoms with van der Waals surface area (Å²) in [5.74, 6) is 1.12. The van der Waals surface area contributed by atoms with Crippen LogP contribution >= 0.6 is 0 Å². The van der Waals surface area contributed by atoms with Gasteiger partial charge in [-0.1, -0.05) is 61.9 Å². The summed E-state index contributed by atoms with van der Waals surface area (Å²) in [7, 11) is 0. The van der Waals surface area contributed by atoms with Gasteiger partial charge in [0.2, 0.25) is 0 Å². The van der Waals surface area contributed by atoms with E-state index in [1.807, 2.05) is 0 Å². The van der Waals surface area contributed by atoms with Crippen LogP contribution in [-0.2, 0) is 6.54 Å². The van der Waals surface area contributed by atoms with Gasteiger partial charge in [0.1, 0.15) is 0 Å². The first-order valence-corrected chi connectivity index (χ1v) is 9.56. The van der Waals surface area contributed by atoms with E-state index >= 15 is 0 Å². The molecule has 0 radical (unpaired) electrons. The molecule has 2 aromatic carbocycles. The average molecular weight is 337 g/mol. The second-order valence-corrected chi connectivity index (χ2v) is 8.14. The maximum atomic E-state index is 6.41. The number of nitrogens with zero attached hydrogens (tertiary/aromatic N) is 1. The van der Waals surface area contributed by atoms with Crippen molar-refractivity contribution in [3.05, 3.63) is 70.3 Å². The molecule has 2 aromatic rings. The molecule has 2 nitrogen and oxygen atoms in total. The van der Waals surface area contributed by atoms with Gasteiger partial charge >= 0.3 is 0 Å². The van der Waals surface area contributed by atoms with E-state index in [0.29, 0.717) is 11.8 Å². The van der Waals surface area contributed by atoms with Gasteiger partial charge in [0, 0.05) is 25.7 Å². The Hall–Kier alpha value is -1.64. The molecular weight excluding hydrogens is 304 g/mol. The second kappa shape index (κ2) is 7.72. The summed E-state index contributed by atoms with van der Waals surface area (Å²) in [4.78, 5) is 2.54. The van der Waals surface area contributed by atoms with E-state index in [1.54, 1.807) is 0 Å². The van der Waals surface area contributed by atoms with Crippen LogP contribution in [0.15, 0.2) is 42.5 Å². The minimum Gasteiger partial charge on any atom is -0.327 e. The van der Waals surface area contributed by atoms with Gasteiger partial charge in [0.15, 0.2) is 0 Å². The number of nitrogens with two attached hydrogens (primary N) is 1. The normalized spacial score (nSPS) is 21.7. The monoisotopic (exact) mass is 336 g/mol. The van der Waals surface area contributed by atoms with Gasteiger partial charge in [-0.05, 0) is 54.4 Å².